The van der Waals surface area contributed by atoms with Gasteiger partial charge in [-0.25, -0.2) is 4.79 Å². The predicted octanol–water partition coefficient (Wildman–Crippen LogP) is 5.70. The molecular formula is C33H49NO8. The molecule has 4 rings (SSSR count). The van der Waals surface area contributed by atoms with E-state index in [0.29, 0.717) is 32.6 Å². The molecule has 2 unspecified atom stereocenters. The number of carbonyl (C=O) groups is 2. The summed E-state index contributed by atoms with van der Waals surface area (Å²) in [6.07, 6.45) is 13.3. The summed E-state index contributed by atoms with van der Waals surface area (Å²) in [6, 6.07) is 10.1. The normalized spacial score (nSPS) is 28.0. The molecule has 0 bridgehead atoms. The van der Waals surface area contributed by atoms with Gasteiger partial charge in [0, 0.05) is 38.5 Å². The van der Waals surface area contributed by atoms with E-state index in [-0.39, 0.29) is 49.2 Å². The first-order chi connectivity index (χ1) is 20.6. The Labute approximate surface area is 250 Å². The molecule has 2 heterocycles. The van der Waals surface area contributed by atoms with Gasteiger partial charge in [0.25, 0.3) is 0 Å². The van der Waals surface area contributed by atoms with Crippen molar-refractivity contribution in [2.75, 3.05) is 33.5 Å². The molecule has 1 aliphatic carbocycles. The van der Waals surface area contributed by atoms with E-state index >= 15 is 0 Å². The lowest BCUT2D eigenvalue weighted by atomic mass is 9.90. The number of carbonyl (C=O) groups excluding carboxylic acids is 2. The van der Waals surface area contributed by atoms with Gasteiger partial charge in [-0.3, -0.25) is 4.79 Å². The van der Waals surface area contributed by atoms with Crippen LogP contribution in [0.4, 0.5) is 4.79 Å². The van der Waals surface area contributed by atoms with Gasteiger partial charge in [-0.05, 0) is 75.7 Å². The molecule has 3 fully saturated rings. The standard InChI is InChI=1S/C33H49NO8/c1-37-30(35)16-8-3-2-7-15-26-27(24-40-33(36)34-20-19-25-13-5-4-6-14-25)29(42-32-18-10-12-22-39-32)23-28(26)41-31-17-9-11-21-38-31/h2,4-7,13-14,26-29,31-32H,3,8-12,15-24H2,1H3,(H,34,36)/b7-2-/t26-,27-,28+,29-,31?,32?/m1/s1. The third-order valence-corrected chi connectivity index (χ3v) is 8.39. The van der Waals surface area contributed by atoms with Crippen molar-refractivity contribution in [3.63, 3.8) is 0 Å². The number of esters is 1. The average molecular weight is 588 g/mol. The van der Waals surface area contributed by atoms with Crippen LogP contribution in [0.3, 0.4) is 0 Å². The Bertz CT molecular complexity index is 945. The first kappa shape index (κ1) is 32.5. The fourth-order valence-corrected chi connectivity index (χ4v) is 6.04. The summed E-state index contributed by atoms with van der Waals surface area (Å²) in [7, 11) is 1.41. The van der Waals surface area contributed by atoms with Crippen molar-refractivity contribution in [2.24, 2.45) is 11.8 Å². The summed E-state index contributed by atoms with van der Waals surface area (Å²) in [6.45, 7) is 2.16. The average Bonchev–Trinajstić information content (AvgIpc) is 3.33. The molecule has 234 valence electrons. The quantitative estimate of drug-likeness (QED) is 0.158. The van der Waals surface area contributed by atoms with Gasteiger partial charge in [-0.2, -0.15) is 0 Å². The van der Waals surface area contributed by atoms with Crippen molar-refractivity contribution in [3.05, 3.63) is 48.0 Å². The monoisotopic (exact) mass is 587 g/mol. The lowest BCUT2D eigenvalue weighted by Gasteiger charge is -2.30. The van der Waals surface area contributed by atoms with Crippen molar-refractivity contribution in [1.82, 2.24) is 5.32 Å². The number of nitrogens with one attached hydrogen (secondary N) is 1. The minimum Gasteiger partial charge on any atom is -0.469 e. The summed E-state index contributed by atoms with van der Waals surface area (Å²) >= 11 is 0. The largest absolute Gasteiger partial charge is 0.469 e. The highest BCUT2D eigenvalue weighted by Crippen LogP contribution is 2.41. The molecular weight excluding hydrogens is 538 g/mol. The fourth-order valence-electron chi connectivity index (χ4n) is 6.04. The van der Waals surface area contributed by atoms with Crippen LogP contribution in [0, 0.1) is 11.8 Å². The van der Waals surface area contributed by atoms with Crippen molar-refractivity contribution in [3.8, 4) is 0 Å². The van der Waals surface area contributed by atoms with E-state index in [4.69, 9.17) is 28.4 Å². The van der Waals surface area contributed by atoms with Gasteiger partial charge in [0.05, 0.1) is 25.9 Å². The molecule has 1 N–H and O–H groups in total. The summed E-state index contributed by atoms with van der Waals surface area (Å²) in [5.74, 6) is -0.161. The molecule has 6 atom stereocenters. The molecule has 9 nitrogen and oxygen atoms in total. The van der Waals surface area contributed by atoms with Crippen molar-refractivity contribution >= 4 is 12.1 Å². The number of unbranched alkanes of at least 4 members (excludes halogenated alkanes) is 1. The Morgan fingerprint density at radius 2 is 1.62 bits per heavy atom. The molecule has 1 amide bonds. The van der Waals surface area contributed by atoms with E-state index in [1.807, 2.05) is 30.3 Å². The topological polar surface area (TPSA) is 102 Å². The molecule has 0 aromatic heterocycles. The minimum atomic E-state index is -0.421. The van der Waals surface area contributed by atoms with E-state index in [1.165, 1.54) is 7.11 Å². The zero-order valence-electron chi connectivity index (χ0n) is 25.1. The molecule has 1 aromatic rings. The van der Waals surface area contributed by atoms with E-state index in [0.717, 1.165) is 69.8 Å². The minimum absolute atomic E-state index is 0.0521. The molecule has 2 saturated heterocycles. The van der Waals surface area contributed by atoms with Crippen molar-refractivity contribution in [1.29, 1.82) is 0 Å². The third kappa shape index (κ3) is 11.0. The van der Waals surface area contributed by atoms with E-state index in [9.17, 15) is 9.59 Å². The smallest absolute Gasteiger partial charge is 0.407 e. The van der Waals surface area contributed by atoms with Crippen LogP contribution in [0.1, 0.15) is 76.2 Å². The maximum absolute atomic E-state index is 12.7. The van der Waals surface area contributed by atoms with Crippen LogP contribution in [0.15, 0.2) is 42.5 Å². The Morgan fingerprint density at radius 1 is 0.929 bits per heavy atom. The van der Waals surface area contributed by atoms with Crippen LogP contribution in [-0.2, 0) is 39.6 Å². The van der Waals surface area contributed by atoms with Gasteiger partial charge < -0.3 is 33.7 Å². The van der Waals surface area contributed by atoms with E-state index in [1.54, 1.807) is 0 Å². The van der Waals surface area contributed by atoms with Gasteiger partial charge in [0.15, 0.2) is 12.6 Å². The summed E-state index contributed by atoms with van der Waals surface area (Å²) in [5, 5.41) is 2.89. The predicted molar refractivity (Wildman–Crippen MR) is 158 cm³/mol. The number of amides is 1. The first-order valence-electron chi connectivity index (χ1n) is 15.8. The number of methoxy groups -OCH3 is 1. The number of ether oxygens (including phenoxy) is 6. The van der Waals surface area contributed by atoms with Crippen LogP contribution in [0.25, 0.3) is 0 Å². The summed E-state index contributed by atoms with van der Waals surface area (Å²) in [5.41, 5.74) is 1.16. The van der Waals surface area contributed by atoms with Gasteiger partial charge in [-0.15, -0.1) is 0 Å². The molecule has 1 aromatic carbocycles. The molecule has 42 heavy (non-hydrogen) atoms. The van der Waals surface area contributed by atoms with Crippen molar-refractivity contribution in [2.45, 2.75) is 102 Å². The number of rotatable bonds is 15. The van der Waals surface area contributed by atoms with Crippen LogP contribution in [-0.4, -0.2) is 70.3 Å². The highest BCUT2D eigenvalue weighted by Gasteiger charge is 2.46. The molecule has 9 heteroatoms. The third-order valence-electron chi connectivity index (χ3n) is 8.39. The summed E-state index contributed by atoms with van der Waals surface area (Å²) in [4.78, 5) is 24.1. The SMILES string of the molecule is COC(=O)CCC/C=C\C[C@@H]1[C@@H](COC(=O)NCCc2ccccc2)[C@H](OC2CCCCO2)C[C@@H]1OC1CCCCO1. The van der Waals surface area contributed by atoms with Gasteiger partial charge in [0.1, 0.15) is 0 Å². The second-order valence-corrected chi connectivity index (χ2v) is 11.4. The van der Waals surface area contributed by atoms with Crippen LogP contribution in [0.5, 0.6) is 0 Å². The summed E-state index contributed by atoms with van der Waals surface area (Å²) < 4.78 is 35.5. The Balaban J connectivity index is 1.38. The Morgan fingerprint density at radius 3 is 2.26 bits per heavy atom. The molecule has 1 saturated carbocycles. The van der Waals surface area contributed by atoms with Crippen LogP contribution in [0.2, 0.25) is 0 Å². The Hall–Kier alpha value is -2.46. The Kier molecular flexibility index (Phi) is 14.1. The first-order valence-corrected chi connectivity index (χ1v) is 15.8. The fraction of sp³-hybridized carbons (Fsp3) is 0.697. The number of allylic oxidation sites excluding steroid dienone is 2. The lowest BCUT2D eigenvalue weighted by molar-refractivity contribution is -0.204. The lowest BCUT2D eigenvalue weighted by Crippen LogP contribution is -2.36. The van der Waals surface area contributed by atoms with Gasteiger partial charge >= 0.3 is 12.1 Å². The van der Waals surface area contributed by atoms with E-state index < -0.39 is 6.09 Å². The molecule has 2 aliphatic heterocycles. The van der Waals surface area contributed by atoms with Crippen LogP contribution < -0.4 is 5.32 Å². The zero-order chi connectivity index (χ0) is 29.4. The van der Waals surface area contributed by atoms with Gasteiger partial charge in [0.2, 0.25) is 0 Å². The molecule has 3 aliphatic rings. The number of alkyl carbamates (subject to hydrolysis) is 1. The van der Waals surface area contributed by atoms with Crippen LogP contribution >= 0.6 is 0 Å². The molecule has 0 radical (unpaired) electrons. The van der Waals surface area contributed by atoms with Gasteiger partial charge in [-0.1, -0.05) is 42.5 Å². The highest BCUT2D eigenvalue weighted by atomic mass is 16.7. The van der Waals surface area contributed by atoms with E-state index in [2.05, 4.69) is 17.5 Å². The van der Waals surface area contributed by atoms with Crippen molar-refractivity contribution < 1.29 is 38.0 Å². The number of hydrogen-bond acceptors (Lipinski definition) is 8. The highest BCUT2D eigenvalue weighted by molar-refractivity contribution is 5.69. The number of hydrogen-bond donors (Lipinski definition) is 1. The number of benzene rings is 1. The zero-order valence-corrected chi connectivity index (χ0v) is 25.1. The second-order valence-electron chi connectivity index (χ2n) is 11.4. The maximum Gasteiger partial charge on any atom is 0.407 e. The second kappa shape index (κ2) is 18.3. The maximum atomic E-state index is 12.7. The molecule has 0 spiro atoms.